The fraction of sp³-hybridized carbons (Fsp3) is 0.542. The van der Waals surface area contributed by atoms with Gasteiger partial charge in [-0.25, -0.2) is 0 Å². The van der Waals surface area contributed by atoms with Crippen molar-refractivity contribution >= 4 is 17.6 Å². The molecule has 0 fully saturated rings. The summed E-state index contributed by atoms with van der Waals surface area (Å²) in [5.41, 5.74) is 4.68. The van der Waals surface area contributed by atoms with Gasteiger partial charge in [-0.05, 0) is 37.3 Å². The van der Waals surface area contributed by atoms with Gasteiger partial charge in [-0.15, -0.1) is 0 Å². The summed E-state index contributed by atoms with van der Waals surface area (Å²) in [6, 6.07) is 8.19. The standard InChI is InChI=1S/C24H36N6O/c1-6-25-24(28(4)16-20-17-29(5)27-23(20)18(2)3)26-14-9-12-22(31)30-15-13-19-10-7-8-11-21(19)30/h7-8,10-11,17-18H,6,9,12-16H2,1-5H3,(H,25,26). The third kappa shape index (κ3) is 5.66. The van der Waals surface area contributed by atoms with Gasteiger partial charge in [0.2, 0.25) is 5.91 Å². The number of amides is 1. The molecule has 0 bridgehead atoms. The Morgan fingerprint density at radius 2 is 2.10 bits per heavy atom. The van der Waals surface area contributed by atoms with Crippen molar-refractivity contribution in [2.24, 2.45) is 12.0 Å². The van der Waals surface area contributed by atoms with Crippen LogP contribution in [-0.4, -0.2) is 53.2 Å². The summed E-state index contributed by atoms with van der Waals surface area (Å²) in [4.78, 5) is 21.5. The quantitative estimate of drug-likeness (QED) is 0.401. The Hall–Kier alpha value is -2.83. The van der Waals surface area contributed by atoms with Crippen molar-refractivity contribution in [3.63, 3.8) is 0 Å². The van der Waals surface area contributed by atoms with Gasteiger partial charge in [0.15, 0.2) is 5.96 Å². The molecule has 0 saturated heterocycles. The predicted molar refractivity (Wildman–Crippen MR) is 126 cm³/mol. The number of aromatic nitrogens is 2. The molecule has 1 aromatic carbocycles. The first-order valence-electron chi connectivity index (χ1n) is 11.3. The molecule has 0 spiro atoms. The third-order valence-corrected chi connectivity index (χ3v) is 5.59. The van der Waals surface area contributed by atoms with E-state index in [1.807, 2.05) is 41.9 Å². The molecule has 0 radical (unpaired) electrons. The van der Waals surface area contributed by atoms with E-state index in [1.165, 1.54) is 11.1 Å². The highest BCUT2D eigenvalue weighted by Gasteiger charge is 2.23. The fourth-order valence-corrected chi connectivity index (χ4v) is 4.11. The maximum Gasteiger partial charge on any atom is 0.227 e. The number of anilines is 1. The number of carbonyl (C=O) groups is 1. The SMILES string of the molecule is CCNC(=NCCCC(=O)N1CCc2ccccc21)N(C)Cc1cn(C)nc1C(C)C. The Kier molecular flexibility index (Phi) is 7.71. The van der Waals surface area contributed by atoms with Crippen LogP contribution in [0.5, 0.6) is 0 Å². The van der Waals surface area contributed by atoms with Crippen molar-refractivity contribution in [1.82, 2.24) is 20.0 Å². The number of hydrogen-bond donors (Lipinski definition) is 1. The van der Waals surface area contributed by atoms with Crippen LogP contribution in [0.3, 0.4) is 0 Å². The second kappa shape index (κ2) is 10.5. The van der Waals surface area contributed by atoms with E-state index in [9.17, 15) is 4.79 Å². The van der Waals surface area contributed by atoms with Gasteiger partial charge in [-0.2, -0.15) is 5.10 Å². The maximum absolute atomic E-state index is 12.7. The molecule has 3 rings (SSSR count). The molecule has 0 aliphatic carbocycles. The Morgan fingerprint density at radius 1 is 1.32 bits per heavy atom. The summed E-state index contributed by atoms with van der Waals surface area (Å²) in [7, 11) is 4.01. The lowest BCUT2D eigenvalue weighted by Crippen LogP contribution is -2.38. The first-order valence-corrected chi connectivity index (χ1v) is 11.3. The lowest BCUT2D eigenvalue weighted by Gasteiger charge is -2.22. The van der Waals surface area contributed by atoms with Crippen LogP contribution in [0.1, 0.15) is 56.4 Å². The van der Waals surface area contributed by atoms with E-state index in [-0.39, 0.29) is 5.91 Å². The van der Waals surface area contributed by atoms with Crippen LogP contribution in [0.4, 0.5) is 5.69 Å². The Morgan fingerprint density at radius 3 is 2.84 bits per heavy atom. The molecule has 2 aromatic rings. The number of nitrogens with one attached hydrogen (secondary N) is 1. The molecule has 1 N–H and O–H groups in total. The number of rotatable bonds is 8. The molecule has 1 amide bonds. The number of para-hydroxylation sites is 1. The molecule has 7 nitrogen and oxygen atoms in total. The minimum atomic E-state index is 0.190. The fourth-order valence-electron chi connectivity index (χ4n) is 4.11. The molecule has 2 heterocycles. The van der Waals surface area contributed by atoms with E-state index in [4.69, 9.17) is 4.99 Å². The van der Waals surface area contributed by atoms with E-state index in [1.54, 1.807) is 0 Å². The molecule has 168 valence electrons. The lowest BCUT2D eigenvalue weighted by atomic mass is 10.1. The van der Waals surface area contributed by atoms with Crippen LogP contribution in [0, 0.1) is 0 Å². The molecule has 0 saturated carbocycles. The number of carbonyl (C=O) groups excluding carboxylic acids is 1. The topological polar surface area (TPSA) is 65.8 Å². The zero-order valence-electron chi connectivity index (χ0n) is 19.6. The van der Waals surface area contributed by atoms with Gasteiger partial charge in [0.1, 0.15) is 0 Å². The minimum Gasteiger partial charge on any atom is -0.357 e. The zero-order chi connectivity index (χ0) is 22.4. The van der Waals surface area contributed by atoms with Crippen molar-refractivity contribution in [2.45, 2.75) is 52.5 Å². The van der Waals surface area contributed by atoms with Gasteiger partial charge in [0, 0.05) is 64.1 Å². The summed E-state index contributed by atoms with van der Waals surface area (Å²) >= 11 is 0. The molecule has 1 aromatic heterocycles. The molecule has 1 aliphatic rings. The van der Waals surface area contributed by atoms with Crippen molar-refractivity contribution in [3.8, 4) is 0 Å². The summed E-state index contributed by atoms with van der Waals surface area (Å²) in [5, 5.41) is 7.97. The average Bonchev–Trinajstić information content (AvgIpc) is 3.33. The molecular weight excluding hydrogens is 388 g/mol. The second-order valence-corrected chi connectivity index (χ2v) is 8.49. The van der Waals surface area contributed by atoms with Crippen LogP contribution in [0.2, 0.25) is 0 Å². The normalized spacial score (nSPS) is 13.6. The number of hydrogen-bond acceptors (Lipinski definition) is 3. The first kappa shape index (κ1) is 22.8. The molecule has 0 unspecified atom stereocenters. The van der Waals surface area contributed by atoms with Crippen LogP contribution < -0.4 is 10.2 Å². The van der Waals surface area contributed by atoms with Gasteiger partial charge in [-0.1, -0.05) is 32.0 Å². The summed E-state index contributed by atoms with van der Waals surface area (Å²) in [6.45, 7) is 9.37. The van der Waals surface area contributed by atoms with Crippen molar-refractivity contribution < 1.29 is 4.79 Å². The van der Waals surface area contributed by atoms with Crippen molar-refractivity contribution in [1.29, 1.82) is 0 Å². The summed E-state index contributed by atoms with van der Waals surface area (Å²) < 4.78 is 1.88. The number of benzene rings is 1. The van der Waals surface area contributed by atoms with E-state index in [2.05, 4.69) is 48.3 Å². The third-order valence-electron chi connectivity index (χ3n) is 5.59. The number of fused-ring (bicyclic) bond motifs is 1. The number of aryl methyl sites for hydroxylation is 1. The predicted octanol–water partition coefficient (Wildman–Crippen LogP) is 3.31. The van der Waals surface area contributed by atoms with Crippen LogP contribution in [0.25, 0.3) is 0 Å². The molecule has 31 heavy (non-hydrogen) atoms. The van der Waals surface area contributed by atoms with E-state index in [0.717, 1.165) is 49.8 Å². The van der Waals surface area contributed by atoms with Gasteiger partial charge in [0.05, 0.1) is 5.69 Å². The van der Waals surface area contributed by atoms with Crippen molar-refractivity contribution in [3.05, 3.63) is 47.3 Å². The van der Waals surface area contributed by atoms with E-state index < -0.39 is 0 Å². The molecule has 7 heteroatoms. The Balaban J connectivity index is 1.55. The highest BCUT2D eigenvalue weighted by molar-refractivity contribution is 5.95. The smallest absolute Gasteiger partial charge is 0.227 e. The molecular formula is C24H36N6O. The minimum absolute atomic E-state index is 0.190. The van der Waals surface area contributed by atoms with Crippen LogP contribution in [0.15, 0.2) is 35.5 Å². The van der Waals surface area contributed by atoms with Crippen LogP contribution in [-0.2, 0) is 24.8 Å². The highest BCUT2D eigenvalue weighted by Crippen LogP contribution is 2.28. The maximum atomic E-state index is 12.7. The van der Waals surface area contributed by atoms with Gasteiger partial charge < -0.3 is 15.1 Å². The van der Waals surface area contributed by atoms with E-state index >= 15 is 0 Å². The molecule has 0 atom stereocenters. The van der Waals surface area contributed by atoms with Gasteiger partial charge in [0.25, 0.3) is 0 Å². The molecule has 1 aliphatic heterocycles. The largest absolute Gasteiger partial charge is 0.357 e. The number of nitrogens with zero attached hydrogens (tertiary/aromatic N) is 5. The first-order chi connectivity index (χ1) is 14.9. The second-order valence-electron chi connectivity index (χ2n) is 8.49. The van der Waals surface area contributed by atoms with Gasteiger partial charge >= 0.3 is 0 Å². The summed E-state index contributed by atoms with van der Waals surface area (Å²) in [5.74, 6) is 1.43. The van der Waals surface area contributed by atoms with Gasteiger partial charge in [-0.3, -0.25) is 14.5 Å². The van der Waals surface area contributed by atoms with Crippen molar-refractivity contribution in [2.75, 3.05) is 31.6 Å². The Labute approximate surface area is 186 Å². The summed E-state index contributed by atoms with van der Waals surface area (Å²) in [6.07, 6.45) is 4.29. The highest BCUT2D eigenvalue weighted by atomic mass is 16.2. The number of aliphatic imine (C=N–C) groups is 1. The Bertz CT molecular complexity index is 917. The monoisotopic (exact) mass is 424 g/mol. The lowest BCUT2D eigenvalue weighted by molar-refractivity contribution is -0.118. The zero-order valence-corrected chi connectivity index (χ0v) is 19.6. The number of guanidine groups is 1. The van der Waals surface area contributed by atoms with Crippen LogP contribution >= 0.6 is 0 Å². The van der Waals surface area contributed by atoms with E-state index in [0.29, 0.717) is 18.9 Å². The average molecular weight is 425 g/mol.